The van der Waals surface area contributed by atoms with Crippen molar-refractivity contribution in [3.8, 4) is 103 Å². The van der Waals surface area contributed by atoms with Crippen LogP contribution in [0.4, 0.5) is 0 Å². The molecule has 0 fully saturated rings. The highest BCUT2D eigenvalue weighted by Crippen LogP contribution is 2.56. The third-order valence-corrected chi connectivity index (χ3v) is 26.7. The van der Waals surface area contributed by atoms with Gasteiger partial charge >= 0.3 is 0 Å². The van der Waals surface area contributed by atoms with Crippen LogP contribution in [0.1, 0.15) is 264 Å². The maximum Gasteiger partial charge on any atom is 0.179 e. The van der Waals surface area contributed by atoms with Crippen molar-refractivity contribution in [2.75, 3.05) is 85.3 Å². The van der Waals surface area contributed by atoms with E-state index in [4.69, 9.17) is 56.8 Å². The fourth-order valence-electron chi connectivity index (χ4n) is 14.5. The molecule has 6 unspecified atom stereocenters. The summed E-state index contributed by atoms with van der Waals surface area (Å²) in [6, 6.07) is 0. The summed E-state index contributed by atoms with van der Waals surface area (Å²) in [4.78, 5) is -4.41. The number of phenols is 6. The van der Waals surface area contributed by atoms with E-state index >= 15 is 0 Å². The molecular weight excluding hydrogens is 1850 g/mol. The van der Waals surface area contributed by atoms with Crippen molar-refractivity contribution in [2.24, 2.45) is 0 Å². The number of hydrogen-bond donors (Lipinski definition) is 6. The van der Waals surface area contributed by atoms with Gasteiger partial charge in [-0.2, -0.15) is 0 Å². The smallest absolute Gasteiger partial charge is 0.179 e. The third-order valence-electron chi connectivity index (χ3n) is 21.4. The zero-order valence-electron chi connectivity index (χ0n) is 83.3. The van der Waals surface area contributed by atoms with Crippen molar-refractivity contribution >= 4 is 60.7 Å². The monoisotopic (exact) mass is 1990 g/mol. The van der Waals surface area contributed by atoms with E-state index in [1.807, 2.05) is 104 Å². The lowest BCUT2D eigenvalue weighted by Crippen LogP contribution is -2.11. The summed E-state index contributed by atoms with van der Waals surface area (Å²) in [6.07, 6.45) is 7.46. The summed E-state index contributed by atoms with van der Waals surface area (Å²) in [7, 11) is -13.5. The van der Waals surface area contributed by atoms with E-state index < -0.39 is 125 Å². The quantitative estimate of drug-likeness (QED) is 0.0157. The molecule has 0 amide bonds. The predicted octanol–water partition coefficient (Wildman–Crippen LogP) is 17.3. The van der Waals surface area contributed by atoms with Crippen LogP contribution in [0.2, 0.25) is 0 Å². The Balaban J connectivity index is -0.000000358. The first-order valence-electron chi connectivity index (χ1n) is 40.0. The van der Waals surface area contributed by atoms with Crippen LogP contribution in [0.15, 0.2) is 29.4 Å². The summed E-state index contributed by atoms with van der Waals surface area (Å²) in [5, 5.41) is 60.9. The Hall–Kier alpha value is -9.60. The van der Waals surface area contributed by atoms with Crippen LogP contribution in [0.25, 0.3) is 0 Å². The van der Waals surface area contributed by atoms with E-state index in [9.17, 15) is 108 Å². The van der Waals surface area contributed by atoms with Gasteiger partial charge in [-0.3, -0.25) is 0 Å². The van der Waals surface area contributed by atoms with Gasteiger partial charge in [0.05, 0.1) is 85.3 Å². The number of hydrogen-bond acceptors (Lipinski definition) is 36. The molecule has 0 bridgehead atoms. The Morgan fingerprint density at radius 1 is 0.227 bits per heavy atom. The number of methoxy groups -OCH3 is 12. The summed E-state index contributed by atoms with van der Waals surface area (Å²) >= 11 is 0. The molecule has 0 saturated heterocycles. The molecule has 0 spiro atoms. The van der Waals surface area contributed by atoms with Crippen molar-refractivity contribution < 1.29 is 165 Å². The Bertz CT molecular complexity index is 5350. The van der Waals surface area contributed by atoms with Crippen LogP contribution < -0.4 is 56.8 Å². The number of rotatable bonds is 36. The van der Waals surface area contributed by atoms with Crippen molar-refractivity contribution in [3.63, 3.8) is 0 Å². The minimum absolute atomic E-state index is 0. The van der Waals surface area contributed by atoms with Crippen LogP contribution in [-0.2, 0) is 86.4 Å². The minimum Gasteiger partial charge on any atom is -0.744 e. The molecule has 6 rings (SSSR count). The van der Waals surface area contributed by atoms with Crippen molar-refractivity contribution in [1.82, 2.24) is 0 Å². The molecule has 0 saturated carbocycles. The Labute approximate surface area is 787 Å². The molecule has 42 heteroatoms. The molecule has 6 aromatic rings. The Morgan fingerprint density at radius 3 is 0.667 bits per heavy atom. The molecule has 0 aliphatic heterocycles. The predicted molar refractivity (Wildman–Crippen MR) is 502 cm³/mol. The standard InChI is InChI=1S/2C15H24O6S.2C14H22O6S.2C13H20O6S.6CH3/c1-6-8-10-12(16)15(22(17,18)19)14(21-5)11(9(3)7-2)13(10)20-4;1-6-8-10-11(9(3)7-2)14(21-5)15(22(17,18)19)12(16)13(10)20-4;1-6-8(3)10-12(19-4)9(7-2)11(15)14(13(10)20-5)21(16,17)18;1-6-8(3)10-9(7-2)12(19-4)11(15)14(13(10)20-5)21(16,17)18;1-6-7(2)9-11(18-4)8(3)10(14)13(12(9)19-5)20(15,16)17;1-6-7(2)9-8(3)11(18-4)10(14)13(12(9)19-5)20(15,16)17;;;;;;/h2*9,16H,6-8H2,1-5H3,(H,17,18,19);2*8,15H,6-7H2,1-5H3,(H,16,17,18);2*7,14H,6H2,1-5H3,(H,15,16,17);6*1H3/q;;;;;;6*+1/p-6. The highest BCUT2D eigenvalue weighted by molar-refractivity contribution is 7.87. The van der Waals surface area contributed by atoms with E-state index in [1.54, 1.807) is 13.8 Å². The largest absolute Gasteiger partial charge is 0.744 e. The van der Waals surface area contributed by atoms with Crippen LogP contribution in [-0.4, -0.2) is 194 Å². The van der Waals surface area contributed by atoms with Gasteiger partial charge in [-0.1, -0.05) is 124 Å². The maximum absolute atomic E-state index is 11.6. The topological polar surface area (TPSA) is 575 Å². The highest BCUT2D eigenvalue weighted by Gasteiger charge is 2.37. The molecule has 756 valence electrons. The number of aromatic hydroxyl groups is 6. The second kappa shape index (κ2) is 56.6. The van der Waals surface area contributed by atoms with Gasteiger partial charge in [0.25, 0.3) is 0 Å². The Morgan fingerprint density at radius 2 is 0.417 bits per heavy atom. The molecule has 6 atom stereocenters. The molecule has 0 heterocycles. The van der Waals surface area contributed by atoms with Gasteiger partial charge < -0.3 is 115 Å². The van der Waals surface area contributed by atoms with E-state index in [-0.39, 0.29) is 137 Å². The highest BCUT2D eigenvalue weighted by atomic mass is 32.2. The van der Waals surface area contributed by atoms with Crippen molar-refractivity contribution in [1.29, 1.82) is 0 Å². The lowest BCUT2D eigenvalue weighted by Gasteiger charge is -2.26. The molecule has 0 radical (unpaired) electrons. The van der Waals surface area contributed by atoms with Gasteiger partial charge in [0.1, 0.15) is 159 Å². The van der Waals surface area contributed by atoms with Crippen molar-refractivity contribution in [2.45, 2.75) is 267 Å². The molecule has 36 nitrogen and oxygen atoms in total. The first-order chi connectivity index (χ1) is 58.4. The van der Waals surface area contributed by atoms with E-state index in [1.165, 1.54) is 92.2 Å². The maximum atomic E-state index is 11.6. The zero-order chi connectivity index (χ0) is 98.2. The number of phenolic OH excluding ortho intramolecular Hbond substituents is 6. The van der Waals surface area contributed by atoms with Crippen LogP contribution in [0.3, 0.4) is 0 Å². The van der Waals surface area contributed by atoms with Gasteiger partial charge in [-0.15, -0.1) is 0 Å². The van der Waals surface area contributed by atoms with Gasteiger partial charge in [0.2, 0.25) is 0 Å². The van der Waals surface area contributed by atoms with Gasteiger partial charge in [0, 0.05) is 111 Å². The Kier molecular flexibility index (Phi) is 57.0. The molecule has 6 N–H and O–H groups in total. The lowest BCUT2D eigenvalue weighted by atomic mass is 9.89. The van der Waals surface area contributed by atoms with Crippen molar-refractivity contribution in [3.05, 3.63) is 111 Å². The summed E-state index contributed by atoms with van der Waals surface area (Å²) in [6.45, 7) is 33.5. The molecule has 6 aromatic carbocycles. The average molecular weight is 1990 g/mol. The number of benzene rings is 6. The summed E-state index contributed by atoms with van der Waals surface area (Å²) in [5.41, 5.74) is 5.94. The van der Waals surface area contributed by atoms with Gasteiger partial charge in [0.15, 0.2) is 34.5 Å². The average Bonchev–Trinajstić information content (AvgIpc) is 0.872. The normalized spacial score (nSPS) is 12.5. The third kappa shape index (κ3) is 29.7. The van der Waals surface area contributed by atoms with Gasteiger partial charge in [-0.25, -0.2) is 50.5 Å². The summed E-state index contributed by atoms with van der Waals surface area (Å²) < 4.78 is 269. The van der Waals surface area contributed by atoms with Gasteiger partial charge in [-0.05, 0) is 114 Å². The zero-order valence-corrected chi connectivity index (χ0v) is 88.2. The first-order valence-corrected chi connectivity index (χ1v) is 48.5. The fraction of sp³-hybridized carbons (Fsp3) is 0.533. The molecule has 132 heavy (non-hydrogen) atoms. The van der Waals surface area contributed by atoms with E-state index in [0.717, 1.165) is 19.3 Å². The van der Waals surface area contributed by atoms with Crippen LogP contribution >= 0.6 is 0 Å². The van der Waals surface area contributed by atoms with E-state index in [0.29, 0.717) is 136 Å². The molecule has 0 aliphatic rings. The number of ether oxygens (including phenoxy) is 12. The first kappa shape index (κ1) is 133. The van der Waals surface area contributed by atoms with Crippen LogP contribution in [0, 0.1) is 58.4 Å². The summed E-state index contributed by atoms with van der Waals surface area (Å²) in [5.74, 6) is -3.85. The molecular formula is C90H144O36S6. The molecule has 0 aromatic heterocycles. The second-order valence-corrected chi connectivity index (χ2v) is 36.8. The fourth-order valence-corrected chi connectivity index (χ4v) is 19.1. The van der Waals surface area contributed by atoms with Crippen LogP contribution in [0.5, 0.6) is 103 Å². The molecule has 0 aliphatic carbocycles. The van der Waals surface area contributed by atoms with E-state index in [2.05, 4.69) is 0 Å². The SMILES string of the molecule is CCC(C)c1c(C)c(OC)c(O)c(S(=O)(=O)[O-])c1OC.CCC(C)c1c(OC)c(C)c(O)c(S(=O)(=O)[O-])c1OC.CCCc1c(O)c(S(=O)(=O)[O-])c(OC)c(C(C)CC)c1OC.CCCc1c(OC)c(O)c(S(=O)(=O)[O-])c(OC)c1C(C)CC.CCc1c(O)c(S(=O)(=O)[O-])c(OC)c(C(C)CC)c1OC.CCc1c(OC)c(O)c(S(=O)(=O)[O-])c(OC)c1C(C)CC.[CH3+].[CH3+].[CH3+].[CH3+].[CH3+].[CH3+]. The second-order valence-electron chi connectivity index (χ2n) is 28.9. The lowest BCUT2D eigenvalue weighted by molar-refractivity contribution is 0.338. The minimum atomic E-state index is -4.91.